The van der Waals surface area contributed by atoms with Gasteiger partial charge in [0.05, 0.1) is 30.5 Å². The molecule has 0 aliphatic rings. The lowest BCUT2D eigenvalue weighted by Crippen LogP contribution is -2.38. The number of nitrogens with zero attached hydrogens (tertiary/aromatic N) is 2. The Kier molecular flexibility index (Phi) is 11.4. The van der Waals surface area contributed by atoms with Crippen molar-refractivity contribution in [2.24, 2.45) is 4.99 Å². The third-order valence-corrected chi connectivity index (χ3v) is 4.12. The number of aromatic nitrogens is 1. The van der Waals surface area contributed by atoms with Crippen LogP contribution in [0.25, 0.3) is 0 Å². The van der Waals surface area contributed by atoms with Gasteiger partial charge in [0.2, 0.25) is 0 Å². The first kappa shape index (κ1) is 21.9. The van der Waals surface area contributed by atoms with E-state index in [4.69, 9.17) is 4.74 Å². The van der Waals surface area contributed by atoms with Gasteiger partial charge in [-0.25, -0.2) is 4.98 Å². The molecule has 0 bridgehead atoms. The number of guanidine groups is 1. The first-order valence-corrected chi connectivity index (χ1v) is 9.20. The first-order chi connectivity index (χ1) is 11.8. The van der Waals surface area contributed by atoms with Crippen LogP contribution in [0, 0.1) is 6.92 Å². The summed E-state index contributed by atoms with van der Waals surface area (Å²) < 4.78 is 5.65. The summed E-state index contributed by atoms with van der Waals surface area (Å²) in [4.78, 5) is 9.00. The maximum Gasteiger partial charge on any atom is 0.191 e. The quantitative estimate of drug-likeness (QED) is 0.253. The summed E-state index contributed by atoms with van der Waals surface area (Å²) in [5.74, 6) is 0.827. The van der Waals surface area contributed by atoms with Gasteiger partial charge in [0.1, 0.15) is 0 Å². The second kappa shape index (κ2) is 13.1. The minimum Gasteiger partial charge on any atom is -0.375 e. The van der Waals surface area contributed by atoms with Crippen molar-refractivity contribution >= 4 is 41.3 Å². The Labute approximate surface area is 171 Å². The van der Waals surface area contributed by atoms with Gasteiger partial charge in [-0.15, -0.1) is 35.3 Å². The molecule has 138 valence electrons. The van der Waals surface area contributed by atoms with E-state index in [0.29, 0.717) is 19.8 Å². The second-order valence-corrected chi connectivity index (χ2v) is 6.40. The maximum atomic E-state index is 5.65. The Balaban J connectivity index is 0.00000312. The molecule has 0 saturated heterocycles. The highest BCUT2D eigenvalue weighted by Gasteiger charge is 2.00. The van der Waals surface area contributed by atoms with Gasteiger partial charge >= 0.3 is 0 Å². The molecule has 0 amide bonds. The first-order valence-electron chi connectivity index (χ1n) is 8.32. The fraction of sp³-hybridized carbons (Fsp3) is 0.444. The van der Waals surface area contributed by atoms with Crippen LogP contribution in [0.2, 0.25) is 0 Å². The number of thiazole rings is 1. The number of aliphatic imine (C=N–C) groups is 1. The normalized spacial score (nSPS) is 11.0. The van der Waals surface area contributed by atoms with Gasteiger partial charge in [-0.1, -0.05) is 30.3 Å². The van der Waals surface area contributed by atoms with Crippen molar-refractivity contribution in [3.05, 3.63) is 52.0 Å². The number of aryl methyl sites for hydroxylation is 1. The van der Waals surface area contributed by atoms with Crippen molar-refractivity contribution in [2.75, 3.05) is 26.2 Å². The molecule has 0 radical (unpaired) electrons. The summed E-state index contributed by atoms with van der Waals surface area (Å²) in [6.07, 6.45) is 0.902. The Bertz CT molecular complexity index is 619. The zero-order valence-corrected chi connectivity index (χ0v) is 18.0. The number of halogens is 1. The van der Waals surface area contributed by atoms with Crippen LogP contribution in [0.3, 0.4) is 0 Å². The van der Waals surface area contributed by atoms with E-state index in [2.05, 4.69) is 45.0 Å². The lowest BCUT2D eigenvalue weighted by atomic mass is 10.2. The predicted octanol–water partition coefficient (Wildman–Crippen LogP) is 3.38. The fourth-order valence-corrected chi connectivity index (χ4v) is 2.81. The lowest BCUT2D eigenvalue weighted by Gasteiger charge is -2.10. The minimum absolute atomic E-state index is 0. The van der Waals surface area contributed by atoms with E-state index in [1.807, 2.05) is 25.1 Å². The van der Waals surface area contributed by atoms with Crippen molar-refractivity contribution in [3.63, 3.8) is 0 Å². The summed E-state index contributed by atoms with van der Waals surface area (Å²) in [6.45, 7) is 7.63. The average molecular weight is 474 g/mol. The number of benzene rings is 1. The van der Waals surface area contributed by atoms with Crippen LogP contribution in [-0.2, 0) is 17.8 Å². The van der Waals surface area contributed by atoms with Crippen LogP contribution in [0.15, 0.2) is 40.7 Å². The highest BCUT2D eigenvalue weighted by Crippen LogP contribution is 2.07. The van der Waals surface area contributed by atoms with Crippen LogP contribution in [-0.4, -0.2) is 37.2 Å². The Hall–Kier alpha value is -1.19. The number of ether oxygens (including phenoxy) is 1. The zero-order chi connectivity index (χ0) is 17.0. The zero-order valence-electron chi connectivity index (χ0n) is 14.8. The number of hydrogen-bond donors (Lipinski definition) is 2. The van der Waals surface area contributed by atoms with E-state index < -0.39 is 0 Å². The number of nitrogens with one attached hydrogen (secondary N) is 2. The van der Waals surface area contributed by atoms with Gasteiger partial charge < -0.3 is 15.4 Å². The Morgan fingerprint density at radius 1 is 1.24 bits per heavy atom. The second-order valence-electron chi connectivity index (χ2n) is 5.33. The molecule has 5 nitrogen and oxygen atoms in total. The molecule has 2 aromatic rings. The van der Waals surface area contributed by atoms with E-state index in [-0.39, 0.29) is 24.0 Å². The Morgan fingerprint density at radius 3 is 2.72 bits per heavy atom. The van der Waals surface area contributed by atoms with E-state index in [0.717, 1.165) is 36.2 Å². The Morgan fingerprint density at radius 2 is 2.04 bits per heavy atom. The molecule has 7 heteroatoms. The summed E-state index contributed by atoms with van der Waals surface area (Å²) in [5, 5.41) is 9.80. The van der Waals surface area contributed by atoms with Gasteiger partial charge in [-0.2, -0.15) is 0 Å². The third kappa shape index (κ3) is 9.18. The summed E-state index contributed by atoms with van der Waals surface area (Å²) in [7, 11) is 0. The molecule has 0 atom stereocenters. The van der Waals surface area contributed by atoms with Crippen molar-refractivity contribution in [1.82, 2.24) is 15.6 Å². The van der Waals surface area contributed by atoms with Gasteiger partial charge in [0.15, 0.2) is 5.96 Å². The molecule has 0 aliphatic heterocycles. The van der Waals surface area contributed by atoms with Crippen molar-refractivity contribution in [3.8, 4) is 0 Å². The smallest absolute Gasteiger partial charge is 0.191 e. The largest absolute Gasteiger partial charge is 0.375 e. The molecule has 25 heavy (non-hydrogen) atoms. The summed E-state index contributed by atoms with van der Waals surface area (Å²) in [5.41, 5.74) is 2.32. The topological polar surface area (TPSA) is 58.5 Å². The molecule has 2 N–H and O–H groups in total. The molecule has 0 fully saturated rings. The van der Waals surface area contributed by atoms with Crippen LogP contribution < -0.4 is 10.6 Å². The summed E-state index contributed by atoms with van der Waals surface area (Å²) >= 11 is 1.69. The highest BCUT2D eigenvalue weighted by molar-refractivity contribution is 14.0. The van der Waals surface area contributed by atoms with Crippen LogP contribution in [0.5, 0.6) is 0 Å². The molecule has 0 unspecified atom stereocenters. The molecule has 0 aliphatic carbocycles. The molecule has 0 saturated carbocycles. The molecule has 2 rings (SSSR count). The van der Waals surface area contributed by atoms with Crippen LogP contribution in [0.4, 0.5) is 0 Å². The fourth-order valence-electron chi connectivity index (χ4n) is 2.16. The van der Waals surface area contributed by atoms with E-state index in [1.165, 1.54) is 5.56 Å². The molecule has 1 aromatic heterocycles. The van der Waals surface area contributed by atoms with Crippen molar-refractivity contribution < 1.29 is 4.74 Å². The van der Waals surface area contributed by atoms with Gasteiger partial charge in [-0.3, -0.25) is 4.99 Å². The predicted molar refractivity (Wildman–Crippen MR) is 116 cm³/mol. The lowest BCUT2D eigenvalue weighted by molar-refractivity contribution is 0.128. The standard InChI is InChI=1S/C18H26N4OS.HI/c1-3-19-18(20-10-9-17-14-24-15(2)22-17)21-11-12-23-13-16-7-5-4-6-8-16;/h4-8,14H,3,9-13H2,1-2H3,(H2,19,20,21);1H. The SMILES string of the molecule is CCNC(=NCCOCc1ccccc1)NCCc1csc(C)n1.I. The van der Waals surface area contributed by atoms with Crippen molar-refractivity contribution in [1.29, 1.82) is 0 Å². The van der Waals surface area contributed by atoms with Gasteiger partial charge in [-0.05, 0) is 19.4 Å². The van der Waals surface area contributed by atoms with Crippen LogP contribution >= 0.6 is 35.3 Å². The van der Waals surface area contributed by atoms with E-state index in [9.17, 15) is 0 Å². The maximum absolute atomic E-state index is 5.65. The molecular formula is C18H27IN4OS. The van der Waals surface area contributed by atoms with Crippen molar-refractivity contribution in [2.45, 2.75) is 26.9 Å². The van der Waals surface area contributed by atoms with Gasteiger partial charge in [0.25, 0.3) is 0 Å². The molecule has 0 spiro atoms. The minimum atomic E-state index is 0. The number of rotatable bonds is 9. The van der Waals surface area contributed by atoms with E-state index >= 15 is 0 Å². The third-order valence-electron chi connectivity index (χ3n) is 3.30. The molecule has 1 aromatic carbocycles. The average Bonchev–Trinajstić information content (AvgIpc) is 3.01. The molecular weight excluding hydrogens is 447 g/mol. The van der Waals surface area contributed by atoms with E-state index in [1.54, 1.807) is 11.3 Å². The van der Waals surface area contributed by atoms with Gasteiger partial charge in [0, 0.05) is 24.9 Å². The number of hydrogen-bond acceptors (Lipinski definition) is 4. The monoisotopic (exact) mass is 474 g/mol. The highest BCUT2D eigenvalue weighted by atomic mass is 127. The summed E-state index contributed by atoms with van der Waals surface area (Å²) in [6, 6.07) is 10.2. The molecule has 1 heterocycles. The van der Waals surface area contributed by atoms with Crippen LogP contribution in [0.1, 0.15) is 23.2 Å².